The Morgan fingerprint density at radius 2 is 1.82 bits per heavy atom. The van der Waals surface area contributed by atoms with Crippen LogP contribution in [-0.2, 0) is 20.9 Å². The van der Waals surface area contributed by atoms with E-state index in [0.717, 1.165) is 5.56 Å². The smallest absolute Gasteiger partial charge is 0.338 e. The molecule has 0 radical (unpaired) electrons. The van der Waals surface area contributed by atoms with Crippen LogP contribution in [0.25, 0.3) is 0 Å². The molecule has 0 aliphatic carbocycles. The fraction of sp³-hybridized carbons (Fsp3) is 0.219. The fourth-order valence-electron chi connectivity index (χ4n) is 4.31. The van der Waals surface area contributed by atoms with Gasteiger partial charge in [0.05, 0.1) is 43.2 Å². The van der Waals surface area contributed by atoms with Crippen molar-refractivity contribution < 1.29 is 33.3 Å². The van der Waals surface area contributed by atoms with Gasteiger partial charge in [0.1, 0.15) is 12.4 Å². The van der Waals surface area contributed by atoms with Gasteiger partial charge in [-0.15, -0.1) is 0 Å². The summed E-state index contributed by atoms with van der Waals surface area (Å²) in [6.45, 7) is 3.43. The van der Waals surface area contributed by atoms with E-state index in [0.29, 0.717) is 40.5 Å². The third-order valence-corrected chi connectivity index (χ3v) is 6.43. The number of hydrogen-bond donors (Lipinski definition) is 3. The minimum atomic E-state index is -0.778. The molecule has 1 atom stereocenters. The van der Waals surface area contributed by atoms with Crippen molar-refractivity contribution in [3.63, 3.8) is 0 Å². The Hall–Kier alpha value is -5.83. The average molecular weight is 598 g/mol. The zero-order valence-corrected chi connectivity index (χ0v) is 24.4. The summed E-state index contributed by atoms with van der Waals surface area (Å²) in [5.41, 5.74) is 5.74. The molecule has 0 bridgehead atoms. The average Bonchev–Trinajstić information content (AvgIpc) is 3.03. The van der Waals surface area contributed by atoms with E-state index in [9.17, 15) is 14.4 Å². The second-order valence-electron chi connectivity index (χ2n) is 9.42. The SMILES string of the molecule is CCOC(=O)C1=C(C)NC(=O)N[C@@H]1c1ccc(OCC(=O)N/N=C/c2ccccc2OCc2ccc(C#N)cc2)c(OC)c1. The molecule has 0 saturated heterocycles. The molecule has 1 aliphatic heterocycles. The van der Waals surface area contributed by atoms with Gasteiger partial charge in [-0.1, -0.05) is 30.3 Å². The maximum atomic E-state index is 12.6. The summed E-state index contributed by atoms with van der Waals surface area (Å²) >= 11 is 0. The monoisotopic (exact) mass is 597 g/mol. The van der Waals surface area contributed by atoms with E-state index in [4.69, 9.17) is 24.2 Å². The molecule has 44 heavy (non-hydrogen) atoms. The van der Waals surface area contributed by atoms with Gasteiger partial charge in [0.25, 0.3) is 5.91 Å². The highest BCUT2D eigenvalue weighted by atomic mass is 16.5. The first-order valence-corrected chi connectivity index (χ1v) is 13.6. The summed E-state index contributed by atoms with van der Waals surface area (Å²) in [7, 11) is 1.44. The quantitative estimate of drug-likeness (QED) is 0.161. The number of carbonyl (C=O) groups is 3. The maximum absolute atomic E-state index is 12.6. The van der Waals surface area contributed by atoms with Crippen molar-refractivity contribution in [3.8, 4) is 23.3 Å². The molecule has 0 saturated carbocycles. The van der Waals surface area contributed by atoms with Gasteiger partial charge in [0.15, 0.2) is 18.1 Å². The van der Waals surface area contributed by atoms with E-state index in [1.54, 1.807) is 56.3 Å². The van der Waals surface area contributed by atoms with Gasteiger partial charge in [-0.3, -0.25) is 4.79 Å². The number of amides is 3. The summed E-state index contributed by atoms with van der Waals surface area (Å²) in [6.07, 6.45) is 1.46. The van der Waals surface area contributed by atoms with Gasteiger partial charge in [0.2, 0.25) is 0 Å². The minimum absolute atomic E-state index is 0.179. The molecular formula is C32H31N5O7. The van der Waals surface area contributed by atoms with Crippen LogP contribution in [0.1, 0.15) is 42.1 Å². The highest BCUT2D eigenvalue weighted by Gasteiger charge is 2.32. The van der Waals surface area contributed by atoms with E-state index in [1.165, 1.54) is 13.3 Å². The van der Waals surface area contributed by atoms with Crippen LogP contribution in [-0.4, -0.2) is 44.4 Å². The Labute approximate surface area is 254 Å². The van der Waals surface area contributed by atoms with Crippen molar-refractivity contribution >= 4 is 24.1 Å². The first-order chi connectivity index (χ1) is 21.3. The van der Waals surface area contributed by atoms with Crippen LogP contribution in [0.4, 0.5) is 4.79 Å². The second kappa shape index (κ2) is 14.9. The van der Waals surface area contributed by atoms with E-state index in [-0.39, 0.29) is 24.5 Å². The van der Waals surface area contributed by atoms with Gasteiger partial charge >= 0.3 is 12.0 Å². The van der Waals surface area contributed by atoms with Crippen molar-refractivity contribution in [2.24, 2.45) is 5.10 Å². The molecule has 0 unspecified atom stereocenters. The number of urea groups is 1. The number of rotatable bonds is 12. The van der Waals surface area contributed by atoms with Crippen LogP contribution in [0, 0.1) is 11.3 Å². The molecule has 12 heteroatoms. The Kier molecular flexibility index (Phi) is 10.5. The lowest BCUT2D eigenvalue weighted by Crippen LogP contribution is -2.45. The van der Waals surface area contributed by atoms with Gasteiger partial charge in [-0.05, 0) is 61.4 Å². The summed E-state index contributed by atoms with van der Waals surface area (Å²) in [5, 5.41) is 18.3. The van der Waals surface area contributed by atoms with Gasteiger partial charge in [-0.2, -0.15) is 10.4 Å². The zero-order valence-electron chi connectivity index (χ0n) is 24.4. The largest absolute Gasteiger partial charge is 0.493 e. The minimum Gasteiger partial charge on any atom is -0.493 e. The van der Waals surface area contributed by atoms with E-state index in [2.05, 4.69) is 27.2 Å². The predicted molar refractivity (Wildman–Crippen MR) is 160 cm³/mol. The maximum Gasteiger partial charge on any atom is 0.338 e. The number of allylic oxidation sites excluding steroid dienone is 1. The molecule has 0 fully saturated rings. The summed E-state index contributed by atoms with van der Waals surface area (Å²) in [6, 6.07) is 20.0. The Morgan fingerprint density at radius 1 is 1.05 bits per heavy atom. The lowest BCUT2D eigenvalue weighted by Gasteiger charge is -2.28. The number of hydrogen-bond acceptors (Lipinski definition) is 9. The van der Waals surface area contributed by atoms with Gasteiger partial charge in [0, 0.05) is 11.3 Å². The topological polar surface area (TPSA) is 160 Å². The number of benzene rings is 3. The molecule has 0 aromatic heterocycles. The number of para-hydroxylation sites is 1. The van der Waals surface area contributed by atoms with Crippen LogP contribution in [0.15, 0.2) is 83.1 Å². The number of carbonyl (C=O) groups excluding carboxylic acids is 3. The van der Waals surface area contributed by atoms with Crippen LogP contribution >= 0.6 is 0 Å². The van der Waals surface area contributed by atoms with Crippen LogP contribution in [0.2, 0.25) is 0 Å². The molecule has 12 nitrogen and oxygen atoms in total. The van der Waals surface area contributed by atoms with Crippen LogP contribution < -0.4 is 30.3 Å². The highest BCUT2D eigenvalue weighted by molar-refractivity contribution is 5.95. The van der Waals surface area contributed by atoms with Crippen molar-refractivity contribution in [3.05, 3.63) is 100 Å². The molecule has 3 aromatic carbocycles. The molecule has 3 aromatic rings. The summed E-state index contributed by atoms with van der Waals surface area (Å²) < 4.78 is 22.2. The Bertz CT molecular complexity index is 1630. The zero-order chi connectivity index (χ0) is 31.5. The second-order valence-corrected chi connectivity index (χ2v) is 9.42. The normalized spacial score (nSPS) is 14.2. The number of nitriles is 1. The molecule has 1 aliphatic rings. The predicted octanol–water partition coefficient (Wildman–Crippen LogP) is 3.87. The summed E-state index contributed by atoms with van der Waals surface area (Å²) in [4.78, 5) is 37.2. The molecule has 1 heterocycles. The highest BCUT2D eigenvalue weighted by Crippen LogP contribution is 2.34. The number of esters is 1. The molecular weight excluding hydrogens is 566 g/mol. The Morgan fingerprint density at radius 3 is 2.55 bits per heavy atom. The molecule has 0 spiro atoms. The molecule has 226 valence electrons. The molecule has 3 amide bonds. The first kappa shape index (κ1) is 31.1. The van der Waals surface area contributed by atoms with E-state index in [1.807, 2.05) is 24.3 Å². The molecule has 3 N–H and O–H groups in total. The van der Waals surface area contributed by atoms with Crippen LogP contribution in [0.5, 0.6) is 17.2 Å². The number of methoxy groups -OCH3 is 1. The summed E-state index contributed by atoms with van der Waals surface area (Å²) in [5.74, 6) is 0.0602. The standard InChI is InChI=1S/C32H31N5O7/c1-4-42-31(39)29-20(2)35-32(40)36-30(29)23-13-14-26(27(15-23)41-3)44-19-28(38)37-34-17-24-7-5-6-8-25(24)43-18-22-11-9-21(16-33)10-12-22/h5-15,17,30H,4,18-19H2,1-3H3,(H,37,38)(H2,35,36,40)/b34-17+/t30-/m1/s1. The number of nitrogens with one attached hydrogen (secondary N) is 3. The third-order valence-electron chi connectivity index (χ3n) is 6.43. The van der Waals surface area contributed by atoms with E-state index >= 15 is 0 Å². The van der Waals surface area contributed by atoms with E-state index < -0.39 is 23.9 Å². The molecule has 4 rings (SSSR count). The lowest BCUT2D eigenvalue weighted by atomic mass is 9.95. The third kappa shape index (κ3) is 7.92. The van der Waals surface area contributed by atoms with Crippen LogP contribution in [0.3, 0.4) is 0 Å². The van der Waals surface area contributed by atoms with Crippen molar-refractivity contribution in [2.75, 3.05) is 20.3 Å². The number of nitrogens with zero attached hydrogens (tertiary/aromatic N) is 2. The number of hydrazone groups is 1. The van der Waals surface area contributed by atoms with Crippen molar-refractivity contribution in [1.29, 1.82) is 5.26 Å². The van der Waals surface area contributed by atoms with Gasteiger partial charge < -0.3 is 29.6 Å². The van der Waals surface area contributed by atoms with Crippen molar-refractivity contribution in [2.45, 2.75) is 26.5 Å². The first-order valence-electron chi connectivity index (χ1n) is 13.6. The lowest BCUT2D eigenvalue weighted by molar-refractivity contribution is -0.139. The fourth-order valence-corrected chi connectivity index (χ4v) is 4.31. The van der Waals surface area contributed by atoms with Crippen molar-refractivity contribution in [1.82, 2.24) is 16.1 Å². The van der Waals surface area contributed by atoms with Gasteiger partial charge in [-0.25, -0.2) is 15.0 Å². The Balaban J connectivity index is 1.36. The number of ether oxygens (including phenoxy) is 4.